The molecule has 0 atom stereocenters. The van der Waals surface area contributed by atoms with Crippen molar-refractivity contribution in [2.75, 3.05) is 5.01 Å². The maximum Gasteiger partial charge on any atom is 0.267 e. The van der Waals surface area contributed by atoms with Crippen LogP contribution in [0.4, 0.5) is 23.2 Å². The first-order valence-electron chi connectivity index (χ1n) is 8.42. The second-order valence-corrected chi connectivity index (χ2v) is 6.38. The monoisotopic (exact) mass is 371 g/mol. The van der Waals surface area contributed by atoms with Gasteiger partial charge < -0.3 is 5.32 Å². The van der Waals surface area contributed by atoms with Gasteiger partial charge in [-0.3, -0.25) is 9.59 Å². The van der Waals surface area contributed by atoms with Crippen molar-refractivity contribution in [3.63, 3.8) is 0 Å². The molecule has 1 saturated carbocycles. The molecule has 1 aromatic carbocycles. The van der Waals surface area contributed by atoms with E-state index in [1.165, 1.54) is 0 Å². The van der Waals surface area contributed by atoms with Crippen molar-refractivity contribution < 1.29 is 27.2 Å². The van der Waals surface area contributed by atoms with Gasteiger partial charge in [0.2, 0.25) is 5.91 Å². The van der Waals surface area contributed by atoms with E-state index < -0.39 is 40.8 Å². The zero-order valence-electron chi connectivity index (χ0n) is 13.8. The maximum absolute atomic E-state index is 14.0. The number of rotatable bonds is 3. The van der Waals surface area contributed by atoms with Crippen LogP contribution in [0.25, 0.3) is 0 Å². The summed E-state index contributed by atoms with van der Waals surface area (Å²) in [6.07, 6.45) is 4.43. The van der Waals surface area contributed by atoms with Gasteiger partial charge >= 0.3 is 0 Å². The summed E-state index contributed by atoms with van der Waals surface area (Å²) in [5, 5.41) is 6.69. The molecule has 9 heteroatoms. The quantitative estimate of drug-likeness (QED) is 0.655. The summed E-state index contributed by atoms with van der Waals surface area (Å²) >= 11 is 0. The van der Waals surface area contributed by atoms with Crippen LogP contribution in [0.3, 0.4) is 0 Å². The van der Waals surface area contributed by atoms with Gasteiger partial charge in [-0.2, -0.15) is 10.1 Å². The Morgan fingerprint density at radius 2 is 1.65 bits per heavy atom. The Labute approximate surface area is 147 Å². The molecule has 1 aliphatic carbocycles. The standard InChI is InChI=1S/C17H17F4N3O2/c18-10-8-11(19)15(21)16(14(10)20)24-13(25)7-6-12(23-24)17(26)22-9-4-2-1-3-5-9/h8-9H,1-7H2,(H,22,26). The van der Waals surface area contributed by atoms with Crippen LogP contribution < -0.4 is 10.3 Å². The fourth-order valence-electron chi connectivity index (χ4n) is 3.15. The molecule has 1 aliphatic heterocycles. The molecule has 0 unspecified atom stereocenters. The normalized spacial score (nSPS) is 18.7. The van der Waals surface area contributed by atoms with Crippen LogP contribution in [0.2, 0.25) is 0 Å². The minimum atomic E-state index is -1.74. The van der Waals surface area contributed by atoms with Crippen LogP contribution in [-0.4, -0.2) is 23.6 Å². The van der Waals surface area contributed by atoms with Crippen molar-refractivity contribution >= 4 is 23.2 Å². The van der Waals surface area contributed by atoms with Crippen LogP contribution in [0.5, 0.6) is 0 Å². The van der Waals surface area contributed by atoms with Crippen molar-refractivity contribution in [1.29, 1.82) is 0 Å². The topological polar surface area (TPSA) is 61.8 Å². The van der Waals surface area contributed by atoms with E-state index in [0.29, 0.717) is 0 Å². The van der Waals surface area contributed by atoms with Crippen LogP contribution in [-0.2, 0) is 9.59 Å². The molecule has 1 heterocycles. The van der Waals surface area contributed by atoms with Crippen molar-refractivity contribution in [1.82, 2.24) is 5.32 Å². The first kappa shape index (κ1) is 18.3. The summed E-state index contributed by atoms with van der Waals surface area (Å²) in [6.45, 7) is 0. The summed E-state index contributed by atoms with van der Waals surface area (Å²) < 4.78 is 54.8. The Morgan fingerprint density at radius 1 is 1.04 bits per heavy atom. The fourth-order valence-corrected chi connectivity index (χ4v) is 3.15. The molecular formula is C17H17F4N3O2. The molecular weight excluding hydrogens is 354 g/mol. The molecule has 0 radical (unpaired) electrons. The Morgan fingerprint density at radius 3 is 2.27 bits per heavy atom. The first-order chi connectivity index (χ1) is 12.4. The van der Waals surface area contributed by atoms with Gasteiger partial charge in [0, 0.05) is 24.9 Å². The molecule has 5 nitrogen and oxygen atoms in total. The Bertz CT molecular complexity index is 750. The number of benzene rings is 1. The second kappa shape index (κ2) is 7.43. The van der Waals surface area contributed by atoms with E-state index in [-0.39, 0.29) is 35.7 Å². The molecule has 1 N–H and O–H groups in total. The number of anilines is 1. The number of amides is 2. The third kappa shape index (κ3) is 3.56. The number of nitrogens with zero attached hydrogens (tertiary/aromatic N) is 2. The summed E-state index contributed by atoms with van der Waals surface area (Å²) in [7, 11) is 0. The van der Waals surface area contributed by atoms with Gasteiger partial charge in [0.25, 0.3) is 5.91 Å². The number of carbonyl (C=O) groups excluding carboxylic acids is 2. The average molecular weight is 371 g/mol. The van der Waals surface area contributed by atoms with Gasteiger partial charge in [-0.1, -0.05) is 19.3 Å². The summed E-state index contributed by atoms with van der Waals surface area (Å²) in [5.74, 6) is -8.19. The number of nitrogens with one attached hydrogen (secondary N) is 1. The molecule has 2 aliphatic rings. The molecule has 26 heavy (non-hydrogen) atoms. The Kier molecular flexibility index (Phi) is 5.24. The van der Waals surface area contributed by atoms with Crippen LogP contribution in [0.15, 0.2) is 11.2 Å². The molecule has 0 bridgehead atoms. The third-order valence-corrected chi connectivity index (χ3v) is 4.54. The van der Waals surface area contributed by atoms with Crippen LogP contribution in [0.1, 0.15) is 44.9 Å². The van der Waals surface area contributed by atoms with Crippen molar-refractivity contribution in [2.24, 2.45) is 5.10 Å². The summed E-state index contributed by atoms with van der Waals surface area (Å²) in [4.78, 5) is 24.3. The van der Waals surface area contributed by atoms with Crippen LogP contribution in [0, 0.1) is 23.3 Å². The largest absolute Gasteiger partial charge is 0.348 e. The van der Waals surface area contributed by atoms with Crippen LogP contribution >= 0.6 is 0 Å². The zero-order valence-corrected chi connectivity index (χ0v) is 13.8. The lowest BCUT2D eigenvalue weighted by Crippen LogP contribution is -2.44. The highest BCUT2D eigenvalue weighted by Gasteiger charge is 2.32. The highest BCUT2D eigenvalue weighted by Crippen LogP contribution is 2.30. The van der Waals surface area contributed by atoms with E-state index in [2.05, 4.69) is 10.4 Å². The van der Waals surface area contributed by atoms with Crippen molar-refractivity contribution in [2.45, 2.75) is 51.0 Å². The average Bonchev–Trinajstić information content (AvgIpc) is 2.62. The Hall–Kier alpha value is -2.45. The molecule has 0 aromatic heterocycles. The highest BCUT2D eigenvalue weighted by molar-refractivity contribution is 6.40. The number of hydrazone groups is 1. The first-order valence-corrected chi connectivity index (χ1v) is 8.42. The van der Waals surface area contributed by atoms with Gasteiger partial charge in [0.05, 0.1) is 0 Å². The second-order valence-electron chi connectivity index (χ2n) is 6.38. The SMILES string of the molecule is O=C(NC1CCCCC1)C1=NN(c2c(F)c(F)cc(F)c2F)C(=O)CC1. The van der Waals surface area contributed by atoms with Crippen molar-refractivity contribution in [3.8, 4) is 0 Å². The minimum absolute atomic E-state index is 0.0189. The maximum atomic E-state index is 14.0. The zero-order chi connectivity index (χ0) is 18.8. The van der Waals surface area contributed by atoms with E-state index >= 15 is 0 Å². The number of carbonyl (C=O) groups is 2. The lowest BCUT2D eigenvalue weighted by atomic mass is 9.95. The lowest BCUT2D eigenvalue weighted by molar-refractivity contribution is -0.119. The number of hydrogen-bond acceptors (Lipinski definition) is 3. The minimum Gasteiger partial charge on any atom is -0.348 e. The van der Waals surface area contributed by atoms with E-state index in [0.717, 1.165) is 32.1 Å². The number of hydrogen-bond donors (Lipinski definition) is 1. The highest BCUT2D eigenvalue weighted by atomic mass is 19.2. The van der Waals surface area contributed by atoms with Crippen molar-refractivity contribution in [3.05, 3.63) is 29.3 Å². The third-order valence-electron chi connectivity index (χ3n) is 4.54. The molecule has 1 fully saturated rings. The molecule has 2 amide bonds. The number of halogens is 4. The van der Waals surface area contributed by atoms with Gasteiger partial charge in [0.15, 0.2) is 23.3 Å². The van der Waals surface area contributed by atoms with E-state index in [1.807, 2.05) is 0 Å². The predicted molar refractivity (Wildman–Crippen MR) is 85.4 cm³/mol. The predicted octanol–water partition coefficient (Wildman–Crippen LogP) is 3.17. The molecule has 0 saturated heterocycles. The van der Waals surface area contributed by atoms with Gasteiger partial charge in [-0.25, -0.2) is 17.6 Å². The molecule has 0 spiro atoms. The van der Waals surface area contributed by atoms with E-state index in [1.54, 1.807) is 0 Å². The van der Waals surface area contributed by atoms with Gasteiger partial charge in [-0.05, 0) is 12.8 Å². The smallest absolute Gasteiger partial charge is 0.267 e. The van der Waals surface area contributed by atoms with Gasteiger partial charge in [0.1, 0.15) is 11.4 Å². The fraction of sp³-hybridized carbons (Fsp3) is 0.471. The summed E-state index contributed by atoms with van der Waals surface area (Å²) in [5.41, 5.74) is -1.37. The lowest BCUT2D eigenvalue weighted by Gasteiger charge is -2.26. The van der Waals surface area contributed by atoms with Gasteiger partial charge in [-0.15, -0.1) is 0 Å². The molecule has 140 valence electrons. The molecule has 3 rings (SSSR count). The van der Waals surface area contributed by atoms with E-state index in [9.17, 15) is 27.2 Å². The molecule has 1 aromatic rings. The Balaban J connectivity index is 1.89. The summed E-state index contributed by atoms with van der Waals surface area (Å²) in [6, 6.07) is 0.0216. The van der Waals surface area contributed by atoms with E-state index in [4.69, 9.17) is 0 Å².